The van der Waals surface area contributed by atoms with Gasteiger partial charge in [0.1, 0.15) is 11.6 Å². The Morgan fingerprint density at radius 2 is 2.06 bits per heavy atom. The molecule has 4 heteroatoms. The van der Waals surface area contributed by atoms with Crippen LogP contribution in [-0.2, 0) is 11.3 Å². The summed E-state index contributed by atoms with van der Waals surface area (Å²) in [6.07, 6.45) is 1.11. The number of halogens is 1. The zero-order valence-electron chi connectivity index (χ0n) is 9.45. The van der Waals surface area contributed by atoms with E-state index < -0.39 is 0 Å². The molecular formula is C13H13FN2O. The van der Waals surface area contributed by atoms with Gasteiger partial charge >= 0.3 is 0 Å². The zero-order chi connectivity index (χ0) is 12.3. The molecule has 0 unspecified atom stereocenters. The van der Waals surface area contributed by atoms with Gasteiger partial charge in [0.15, 0.2) is 0 Å². The number of rotatable bonds is 2. The van der Waals surface area contributed by atoms with Crippen LogP contribution < -0.4 is 0 Å². The fourth-order valence-corrected chi connectivity index (χ4v) is 1.95. The van der Waals surface area contributed by atoms with Crippen LogP contribution in [0.25, 0.3) is 0 Å². The van der Waals surface area contributed by atoms with E-state index in [1.807, 2.05) is 6.07 Å². The average Bonchev–Trinajstić information content (AvgIpc) is 2.34. The van der Waals surface area contributed by atoms with Crippen LogP contribution in [0.1, 0.15) is 24.0 Å². The fourth-order valence-electron chi connectivity index (χ4n) is 1.95. The zero-order valence-corrected chi connectivity index (χ0v) is 9.45. The van der Waals surface area contributed by atoms with Gasteiger partial charge in [-0.3, -0.25) is 9.69 Å². The summed E-state index contributed by atoms with van der Waals surface area (Å²) < 4.78 is 13.6. The number of ketones is 1. The van der Waals surface area contributed by atoms with Gasteiger partial charge in [-0.2, -0.15) is 5.26 Å². The Labute approximate surface area is 99.5 Å². The largest absolute Gasteiger partial charge is 0.300 e. The quantitative estimate of drug-likeness (QED) is 0.781. The second-order valence-corrected chi connectivity index (χ2v) is 4.23. The summed E-state index contributed by atoms with van der Waals surface area (Å²) in [5.74, 6) is -0.0671. The average molecular weight is 232 g/mol. The van der Waals surface area contributed by atoms with Crippen LogP contribution in [0.2, 0.25) is 0 Å². The van der Waals surface area contributed by atoms with Crippen molar-refractivity contribution in [1.29, 1.82) is 5.26 Å². The molecule has 1 aliphatic heterocycles. The summed E-state index contributed by atoms with van der Waals surface area (Å²) in [5, 5.41) is 8.64. The van der Waals surface area contributed by atoms with Crippen molar-refractivity contribution in [3.05, 3.63) is 35.1 Å². The van der Waals surface area contributed by atoms with Gasteiger partial charge < -0.3 is 0 Å². The van der Waals surface area contributed by atoms with E-state index in [0.29, 0.717) is 43.6 Å². The van der Waals surface area contributed by atoms with Crippen molar-refractivity contribution in [2.45, 2.75) is 19.4 Å². The van der Waals surface area contributed by atoms with Gasteiger partial charge in [-0.1, -0.05) is 6.07 Å². The number of nitriles is 1. The predicted octanol–water partition coefficient (Wildman–Crippen LogP) is 1.86. The van der Waals surface area contributed by atoms with E-state index in [9.17, 15) is 9.18 Å². The van der Waals surface area contributed by atoms with Crippen LogP contribution in [0.4, 0.5) is 4.39 Å². The minimum atomic E-state index is -0.346. The number of hydrogen-bond donors (Lipinski definition) is 0. The molecule has 1 aromatic rings. The number of nitrogens with zero attached hydrogens (tertiary/aromatic N) is 2. The Bertz CT molecular complexity index is 469. The molecule has 1 heterocycles. The lowest BCUT2D eigenvalue weighted by atomic mass is 10.1. The highest BCUT2D eigenvalue weighted by Crippen LogP contribution is 2.15. The Morgan fingerprint density at radius 3 is 2.65 bits per heavy atom. The topological polar surface area (TPSA) is 44.1 Å². The number of carbonyl (C=O) groups is 1. The monoisotopic (exact) mass is 232 g/mol. The van der Waals surface area contributed by atoms with Crippen LogP contribution in [-0.4, -0.2) is 23.8 Å². The van der Waals surface area contributed by atoms with E-state index in [2.05, 4.69) is 4.90 Å². The first-order valence-corrected chi connectivity index (χ1v) is 5.61. The predicted molar refractivity (Wildman–Crippen MR) is 60.6 cm³/mol. The van der Waals surface area contributed by atoms with Crippen molar-refractivity contribution in [3.8, 4) is 6.07 Å². The lowest BCUT2D eigenvalue weighted by Crippen LogP contribution is -2.33. The molecule has 1 aromatic carbocycles. The molecule has 0 radical (unpaired) electrons. The van der Waals surface area contributed by atoms with Crippen molar-refractivity contribution in [1.82, 2.24) is 4.90 Å². The van der Waals surface area contributed by atoms with Crippen LogP contribution in [0, 0.1) is 17.1 Å². The van der Waals surface area contributed by atoms with Crippen molar-refractivity contribution in [2.24, 2.45) is 0 Å². The lowest BCUT2D eigenvalue weighted by molar-refractivity contribution is -0.121. The standard InChI is InChI=1S/C13H13FN2O/c14-13-7-10(8-15)1-2-11(13)9-16-5-3-12(17)4-6-16/h1-2,7H,3-6,9H2. The number of likely N-dealkylation sites (tertiary alicyclic amines) is 1. The second kappa shape index (κ2) is 5.07. The molecule has 0 saturated carbocycles. The lowest BCUT2D eigenvalue weighted by Gasteiger charge is -2.25. The fraction of sp³-hybridized carbons (Fsp3) is 0.385. The number of hydrogen-bond acceptors (Lipinski definition) is 3. The number of Topliss-reactive ketones (excluding diaryl/α,β-unsaturated/α-hetero) is 1. The molecule has 1 aliphatic rings. The van der Waals surface area contributed by atoms with Gasteiger partial charge in [0.05, 0.1) is 11.6 Å². The minimum absolute atomic E-state index is 0.279. The first kappa shape index (κ1) is 11.7. The van der Waals surface area contributed by atoms with Gasteiger partial charge in [0, 0.05) is 38.0 Å². The van der Waals surface area contributed by atoms with E-state index in [1.165, 1.54) is 6.07 Å². The van der Waals surface area contributed by atoms with Gasteiger partial charge in [-0.15, -0.1) is 0 Å². The van der Waals surface area contributed by atoms with Gasteiger partial charge in [0.25, 0.3) is 0 Å². The van der Waals surface area contributed by atoms with Crippen LogP contribution >= 0.6 is 0 Å². The van der Waals surface area contributed by atoms with Crippen LogP contribution in [0.3, 0.4) is 0 Å². The smallest absolute Gasteiger partial charge is 0.135 e. The maximum atomic E-state index is 13.6. The Balaban J connectivity index is 2.04. The van der Waals surface area contributed by atoms with Crippen molar-refractivity contribution >= 4 is 5.78 Å². The summed E-state index contributed by atoms with van der Waals surface area (Å²) in [6.45, 7) is 1.89. The highest BCUT2D eigenvalue weighted by Gasteiger charge is 2.17. The summed E-state index contributed by atoms with van der Waals surface area (Å²) >= 11 is 0. The summed E-state index contributed by atoms with van der Waals surface area (Å²) in [6, 6.07) is 6.42. The van der Waals surface area contributed by atoms with E-state index in [0.717, 1.165) is 0 Å². The maximum Gasteiger partial charge on any atom is 0.135 e. The molecule has 0 atom stereocenters. The SMILES string of the molecule is N#Cc1ccc(CN2CCC(=O)CC2)c(F)c1. The third-order valence-electron chi connectivity index (χ3n) is 2.99. The highest BCUT2D eigenvalue weighted by molar-refractivity contribution is 5.79. The normalized spacial score (nSPS) is 16.8. The molecule has 0 bridgehead atoms. The summed E-state index contributed by atoms with van der Waals surface area (Å²) in [4.78, 5) is 13.1. The first-order chi connectivity index (χ1) is 8.19. The first-order valence-electron chi connectivity index (χ1n) is 5.61. The van der Waals surface area contributed by atoms with Gasteiger partial charge in [-0.05, 0) is 12.1 Å². The molecule has 88 valence electrons. The molecule has 17 heavy (non-hydrogen) atoms. The van der Waals surface area contributed by atoms with E-state index in [1.54, 1.807) is 12.1 Å². The molecular weight excluding hydrogens is 219 g/mol. The summed E-state index contributed by atoms with van der Waals surface area (Å²) in [5.41, 5.74) is 0.915. The Kier molecular flexibility index (Phi) is 3.50. The molecule has 1 saturated heterocycles. The molecule has 0 N–H and O–H groups in total. The van der Waals surface area contributed by atoms with Crippen molar-refractivity contribution in [2.75, 3.05) is 13.1 Å². The molecule has 2 rings (SSSR count). The van der Waals surface area contributed by atoms with E-state index in [-0.39, 0.29) is 11.6 Å². The molecule has 0 aliphatic carbocycles. The molecule has 0 spiro atoms. The molecule has 1 fully saturated rings. The second-order valence-electron chi connectivity index (χ2n) is 4.23. The van der Waals surface area contributed by atoms with Gasteiger partial charge in [-0.25, -0.2) is 4.39 Å². The van der Waals surface area contributed by atoms with Crippen molar-refractivity contribution in [3.63, 3.8) is 0 Å². The maximum absolute atomic E-state index is 13.6. The third-order valence-corrected chi connectivity index (χ3v) is 2.99. The number of benzene rings is 1. The highest BCUT2D eigenvalue weighted by atomic mass is 19.1. The van der Waals surface area contributed by atoms with E-state index in [4.69, 9.17) is 5.26 Å². The molecule has 0 amide bonds. The Morgan fingerprint density at radius 1 is 1.35 bits per heavy atom. The van der Waals surface area contributed by atoms with Crippen LogP contribution in [0.15, 0.2) is 18.2 Å². The van der Waals surface area contributed by atoms with Crippen molar-refractivity contribution < 1.29 is 9.18 Å². The van der Waals surface area contributed by atoms with Crippen LogP contribution in [0.5, 0.6) is 0 Å². The Hall–Kier alpha value is -1.73. The summed E-state index contributed by atoms with van der Waals surface area (Å²) in [7, 11) is 0. The van der Waals surface area contributed by atoms with Gasteiger partial charge in [0.2, 0.25) is 0 Å². The third kappa shape index (κ3) is 2.89. The number of piperidine rings is 1. The minimum Gasteiger partial charge on any atom is -0.300 e. The number of carbonyl (C=O) groups excluding carboxylic acids is 1. The molecule has 3 nitrogen and oxygen atoms in total. The molecule has 0 aromatic heterocycles. The van der Waals surface area contributed by atoms with E-state index >= 15 is 0 Å².